The Hall–Kier alpha value is -1.74. The van der Waals surface area contributed by atoms with Gasteiger partial charge in [0.2, 0.25) is 0 Å². The Kier molecular flexibility index (Phi) is 5.64. The second-order valence-corrected chi connectivity index (χ2v) is 5.06. The van der Waals surface area contributed by atoms with Crippen LogP contribution < -0.4 is 16.0 Å². The number of nitrogens with one attached hydrogen (secondary N) is 1. The first-order valence-corrected chi connectivity index (χ1v) is 7.27. The van der Waals surface area contributed by atoms with Gasteiger partial charge in [-0.05, 0) is 20.3 Å². The summed E-state index contributed by atoms with van der Waals surface area (Å²) in [6.45, 7) is 8.18. The van der Waals surface area contributed by atoms with Gasteiger partial charge < -0.3 is 16.0 Å². The predicted octanol–water partition coefficient (Wildman–Crippen LogP) is 2.19. The molecular formula is C13H20N4OS. The van der Waals surface area contributed by atoms with E-state index in [0.717, 1.165) is 24.5 Å². The molecule has 0 radical (unpaired) electrons. The Morgan fingerprint density at radius 3 is 2.53 bits per heavy atom. The van der Waals surface area contributed by atoms with Gasteiger partial charge in [-0.15, -0.1) is 11.3 Å². The fourth-order valence-electron chi connectivity index (χ4n) is 1.76. The largest absolute Gasteiger partial charge is 0.396 e. The molecule has 0 aliphatic heterocycles. The highest BCUT2D eigenvalue weighted by atomic mass is 32.1. The van der Waals surface area contributed by atoms with E-state index in [2.05, 4.69) is 11.4 Å². The van der Waals surface area contributed by atoms with Crippen molar-refractivity contribution in [3.63, 3.8) is 0 Å². The zero-order chi connectivity index (χ0) is 14.4. The summed E-state index contributed by atoms with van der Waals surface area (Å²) >= 11 is 1.29. The van der Waals surface area contributed by atoms with Gasteiger partial charge in [-0.2, -0.15) is 5.26 Å². The fourth-order valence-corrected chi connectivity index (χ4v) is 2.98. The molecule has 0 spiro atoms. The summed E-state index contributed by atoms with van der Waals surface area (Å²) in [4.78, 5) is 14.5. The molecule has 3 N–H and O–H groups in total. The van der Waals surface area contributed by atoms with Crippen molar-refractivity contribution in [3.8, 4) is 6.07 Å². The van der Waals surface area contributed by atoms with Crippen LogP contribution in [0.2, 0.25) is 0 Å². The van der Waals surface area contributed by atoms with Gasteiger partial charge in [0.1, 0.15) is 21.5 Å². The maximum Gasteiger partial charge on any atom is 0.263 e. The third-order valence-corrected chi connectivity index (χ3v) is 4.10. The van der Waals surface area contributed by atoms with Crippen molar-refractivity contribution in [2.45, 2.75) is 27.2 Å². The SMILES string of the molecule is CCCNC(=O)c1sc(N(CC)CC)c(C#N)c1N. The minimum Gasteiger partial charge on any atom is -0.396 e. The molecule has 1 amide bonds. The van der Waals surface area contributed by atoms with E-state index in [1.807, 2.05) is 25.7 Å². The summed E-state index contributed by atoms with van der Waals surface area (Å²) in [7, 11) is 0. The molecule has 0 saturated heterocycles. The van der Waals surface area contributed by atoms with Crippen molar-refractivity contribution in [3.05, 3.63) is 10.4 Å². The lowest BCUT2D eigenvalue weighted by Gasteiger charge is -2.18. The van der Waals surface area contributed by atoms with Crippen LogP contribution in [-0.2, 0) is 0 Å². The van der Waals surface area contributed by atoms with Gasteiger partial charge in [-0.1, -0.05) is 6.92 Å². The predicted molar refractivity (Wildman–Crippen MR) is 79.6 cm³/mol. The van der Waals surface area contributed by atoms with Crippen LogP contribution >= 0.6 is 11.3 Å². The molecule has 104 valence electrons. The number of carbonyl (C=O) groups is 1. The molecule has 0 saturated carbocycles. The molecule has 0 fully saturated rings. The Morgan fingerprint density at radius 2 is 2.05 bits per heavy atom. The van der Waals surface area contributed by atoms with Gasteiger partial charge >= 0.3 is 0 Å². The Labute approximate surface area is 118 Å². The number of nitriles is 1. The van der Waals surface area contributed by atoms with E-state index in [-0.39, 0.29) is 5.91 Å². The minimum atomic E-state index is -0.195. The normalized spacial score (nSPS) is 10.0. The highest BCUT2D eigenvalue weighted by Gasteiger charge is 2.23. The Balaban J connectivity index is 3.16. The van der Waals surface area contributed by atoms with E-state index in [1.165, 1.54) is 11.3 Å². The molecule has 1 heterocycles. The topological polar surface area (TPSA) is 82.2 Å². The number of nitrogens with two attached hydrogens (primary N) is 1. The summed E-state index contributed by atoms with van der Waals surface area (Å²) in [6, 6.07) is 2.11. The Morgan fingerprint density at radius 1 is 1.42 bits per heavy atom. The highest BCUT2D eigenvalue weighted by Crippen LogP contribution is 2.37. The lowest BCUT2D eigenvalue weighted by Crippen LogP contribution is -2.23. The summed E-state index contributed by atoms with van der Waals surface area (Å²) in [6.07, 6.45) is 0.866. The van der Waals surface area contributed by atoms with Gasteiger partial charge in [0, 0.05) is 19.6 Å². The minimum absolute atomic E-state index is 0.195. The number of hydrogen-bond acceptors (Lipinski definition) is 5. The summed E-state index contributed by atoms with van der Waals surface area (Å²) in [5.74, 6) is -0.195. The molecule has 0 aliphatic rings. The maximum atomic E-state index is 12.0. The first-order valence-electron chi connectivity index (χ1n) is 6.46. The molecule has 1 aromatic heterocycles. The van der Waals surface area contributed by atoms with Crippen molar-refractivity contribution in [1.29, 1.82) is 5.26 Å². The quantitative estimate of drug-likeness (QED) is 0.836. The lowest BCUT2D eigenvalue weighted by atomic mass is 10.2. The van der Waals surface area contributed by atoms with Gasteiger partial charge in [0.05, 0.1) is 5.69 Å². The summed E-state index contributed by atoms with van der Waals surface area (Å²) in [5.41, 5.74) is 6.64. The van der Waals surface area contributed by atoms with Crippen LogP contribution in [0.5, 0.6) is 0 Å². The number of thiophene rings is 1. The number of nitrogen functional groups attached to an aromatic ring is 1. The molecule has 0 aromatic carbocycles. The van der Waals surface area contributed by atoms with Crippen LogP contribution in [0.25, 0.3) is 0 Å². The van der Waals surface area contributed by atoms with Crippen molar-refractivity contribution >= 4 is 27.9 Å². The number of anilines is 2. The monoisotopic (exact) mass is 280 g/mol. The summed E-state index contributed by atoms with van der Waals surface area (Å²) in [5, 5.41) is 12.8. The van der Waals surface area contributed by atoms with E-state index in [0.29, 0.717) is 22.7 Å². The third-order valence-electron chi connectivity index (χ3n) is 2.83. The molecule has 1 aromatic rings. The van der Waals surface area contributed by atoms with Crippen LogP contribution in [0.4, 0.5) is 10.7 Å². The van der Waals surface area contributed by atoms with E-state index in [1.54, 1.807) is 0 Å². The summed E-state index contributed by atoms with van der Waals surface area (Å²) < 4.78 is 0. The van der Waals surface area contributed by atoms with E-state index in [9.17, 15) is 10.1 Å². The van der Waals surface area contributed by atoms with E-state index in [4.69, 9.17) is 5.73 Å². The van der Waals surface area contributed by atoms with Crippen LogP contribution in [0, 0.1) is 11.3 Å². The molecule has 1 rings (SSSR count). The van der Waals surface area contributed by atoms with Gasteiger partial charge in [0.25, 0.3) is 5.91 Å². The van der Waals surface area contributed by atoms with Crippen LogP contribution in [0.3, 0.4) is 0 Å². The number of amides is 1. The van der Waals surface area contributed by atoms with Crippen molar-refractivity contribution in [2.75, 3.05) is 30.3 Å². The number of nitrogens with zero attached hydrogens (tertiary/aromatic N) is 2. The van der Waals surface area contributed by atoms with Crippen molar-refractivity contribution in [2.24, 2.45) is 0 Å². The first-order chi connectivity index (χ1) is 9.10. The average Bonchev–Trinajstić information content (AvgIpc) is 2.74. The smallest absolute Gasteiger partial charge is 0.263 e. The number of rotatable bonds is 6. The van der Waals surface area contributed by atoms with Crippen LogP contribution in [0.1, 0.15) is 42.4 Å². The second-order valence-electron chi connectivity index (χ2n) is 4.07. The fraction of sp³-hybridized carbons (Fsp3) is 0.538. The number of hydrogen-bond donors (Lipinski definition) is 2. The molecule has 5 nitrogen and oxygen atoms in total. The molecule has 0 atom stereocenters. The lowest BCUT2D eigenvalue weighted by molar-refractivity contribution is 0.0958. The maximum absolute atomic E-state index is 12.0. The molecule has 6 heteroatoms. The van der Waals surface area contributed by atoms with Crippen LogP contribution in [-0.4, -0.2) is 25.5 Å². The van der Waals surface area contributed by atoms with Gasteiger partial charge in [0.15, 0.2) is 0 Å². The first kappa shape index (κ1) is 15.3. The van der Waals surface area contributed by atoms with E-state index < -0.39 is 0 Å². The van der Waals surface area contributed by atoms with Gasteiger partial charge in [-0.3, -0.25) is 4.79 Å². The highest BCUT2D eigenvalue weighted by molar-refractivity contribution is 7.19. The van der Waals surface area contributed by atoms with Gasteiger partial charge in [-0.25, -0.2) is 0 Å². The second kappa shape index (κ2) is 7.00. The van der Waals surface area contributed by atoms with Crippen molar-refractivity contribution < 1.29 is 4.79 Å². The molecule has 19 heavy (non-hydrogen) atoms. The Bertz CT molecular complexity index is 486. The standard InChI is InChI=1S/C13H20N4OS/c1-4-7-16-12(18)11-10(15)9(8-14)13(19-11)17(5-2)6-3/h4-7,15H2,1-3H3,(H,16,18). The zero-order valence-electron chi connectivity index (χ0n) is 11.6. The molecule has 0 aliphatic carbocycles. The van der Waals surface area contributed by atoms with Crippen LogP contribution in [0.15, 0.2) is 0 Å². The van der Waals surface area contributed by atoms with Crippen molar-refractivity contribution in [1.82, 2.24) is 5.32 Å². The molecule has 0 unspecified atom stereocenters. The zero-order valence-corrected chi connectivity index (χ0v) is 12.4. The third kappa shape index (κ3) is 3.18. The van der Waals surface area contributed by atoms with E-state index >= 15 is 0 Å². The molecule has 0 bridgehead atoms. The number of carbonyl (C=O) groups excluding carboxylic acids is 1. The average molecular weight is 280 g/mol. The molecular weight excluding hydrogens is 260 g/mol.